The average Bonchev–Trinajstić information content (AvgIpc) is 2.94. The van der Waals surface area contributed by atoms with Crippen LogP contribution in [0.2, 0.25) is 0 Å². The van der Waals surface area contributed by atoms with E-state index in [0.717, 1.165) is 11.8 Å². The van der Waals surface area contributed by atoms with Gasteiger partial charge in [-0.3, -0.25) is 4.55 Å². The van der Waals surface area contributed by atoms with Crippen LogP contribution in [-0.4, -0.2) is 55.3 Å². The van der Waals surface area contributed by atoms with E-state index in [1.54, 1.807) is 30.3 Å². The molecule has 1 N–H and O–H groups in total. The first-order chi connectivity index (χ1) is 19.9. The molecule has 2 atom stereocenters. The lowest BCUT2D eigenvalue weighted by Gasteiger charge is -2.36. The van der Waals surface area contributed by atoms with Gasteiger partial charge in [0.25, 0.3) is 0 Å². The third-order valence-electron chi connectivity index (χ3n) is 6.31. The Balaban J connectivity index is 1.60. The van der Waals surface area contributed by atoms with Crippen molar-refractivity contribution >= 4 is 21.0 Å². The van der Waals surface area contributed by atoms with Crippen LogP contribution in [-0.2, 0) is 30.5 Å². The van der Waals surface area contributed by atoms with Crippen molar-refractivity contribution in [2.45, 2.75) is 57.0 Å². The molecule has 1 saturated heterocycles. The first kappa shape index (κ1) is 33.0. The molecule has 0 amide bonds. The summed E-state index contributed by atoms with van der Waals surface area (Å²) < 4.78 is 156. The number of rotatable bonds is 8. The molecule has 0 bridgehead atoms. The molecule has 1 aliphatic heterocycles. The molecule has 0 aliphatic carbocycles. The van der Waals surface area contributed by atoms with Crippen LogP contribution in [0.3, 0.4) is 0 Å². The second kappa shape index (κ2) is 11.9. The van der Waals surface area contributed by atoms with Gasteiger partial charge in [-0.1, -0.05) is 18.2 Å². The van der Waals surface area contributed by atoms with Crippen LogP contribution in [0.5, 0.6) is 5.75 Å². The molecule has 6 nitrogen and oxygen atoms in total. The Morgan fingerprint density at radius 1 is 0.814 bits per heavy atom. The third-order valence-corrected chi connectivity index (χ3v) is 9.56. The van der Waals surface area contributed by atoms with Crippen molar-refractivity contribution in [3.8, 4) is 5.75 Å². The SMILES string of the molecule is CC(Oc1ccc([S+](c2ccccc2)c2ccc(C3OCC(F)(F)C(F)(F)C(F)(F)CO3)cc2)cc1)C(F)(F)S(=O)(=O)O. The molecule has 2 unspecified atom stereocenters. The number of halogens is 8. The highest BCUT2D eigenvalue weighted by Gasteiger charge is 2.72. The van der Waals surface area contributed by atoms with Crippen molar-refractivity contribution in [3.63, 3.8) is 0 Å². The zero-order chi connectivity index (χ0) is 31.8. The highest BCUT2D eigenvalue weighted by atomic mass is 32.2. The summed E-state index contributed by atoms with van der Waals surface area (Å²) >= 11 is 0. The summed E-state index contributed by atoms with van der Waals surface area (Å²) in [7, 11) is -6.61. The van der Waals surface area contributed by atoms with Gasteiger partial charge in [0.2, 0.25) is 0 Å². The first-order valence-corrected chi connectivity index (χ1v) is 14.9. The summed E-state index contributed by atoms with van der Waals surface area (Å²) in [6, 6.07) is 20.3. The Bertz CT molecular complexity index is 1480. The van der Waals surface area contributed by atoms with Gasteiger partial charge < -0.3 is 14.2 Å². The Morgan fingerprint density at radius 3 is 1.72 bits per heavy atom. The highest BCUT2D eigenvalue weighted by molar-refractivity contribution is 7.97. The number of hydrogen-bond acceptors (Lipinski definition) is 5. The molecule has 0 saturated carbocycles. The second-order valence-corrected chi connectivity index (χ2v) is 12.9. The lowest BCUT2D eigenvalue weighted by atomic mass is 10.1. The molecular formula is C27H23F8O6S2+. The van der Waals surface area contributed by atoms with E-state index in [2.05, 4.69) is 0 Å². The van der Waals surface area contributed by atoms with Gasteiger partial charge in [-0.2, -0.15) is 43.5 Å². The van der Waals surface area contributed by atoms with Crippen LogP contribution >= 0.6 is 0 Å². The van der Waals surface area contributed by atoms with E-state index in [0.29, 0.717) is 9.79 Å². The predicted molar refractivity (Wildman–Crippen MR) is 138 cm³/mol. The maximum absolute atomic E-state index is 13.9. The van der Waals surface area contributed by atoms with Crippen molar-refractivity contribution in [3.05, 3.63) is 84.4 Å². The summed E-state index contributed by atoms with van der Waals surface area (Å²) in [5.74, 6) is -16.1. The fourth-order valence-corrected chi connectivity index (χ4v) is 6.44. The Kier molecular flexibility index (Phi) is 9.11. The molecule has 1 aliphatic rings. The third kappa shape index (κ3) is 6.62. The molecule has 0 spiro atoms. The van der Waals surface area contributed by atoms with E-state index in [-0.39, 0.29) is 11.3 Å². The predicted octanol–water partition coefficient (Wildman–Crippen LogP) is 6.98. The molecule has 1 heterocycles. The van der Waals surface area contributed by atoms with Crippen molar-refractivity contribution in [2.75, 3.05) is 13.2 Å². The Morgan fingerprint density at radius 2 is 1.26 bits per heavy atom. The topological polar surface area (TPSA) is 82.1 Å². The Labute approximate surface area is 243 Å². The molecule has 234 valence electrons. The van der Waals surface area contributed by atoms with Crippen molar-refractivity contribution in [2.24, 2.45) is 0 Å². The summed E-state index contributed by atoms with van der Waals surface area (Å²) in [5.41, 5.74) is 0.00896. The first-order valence-electron chi connectivity index (χ1n) is 12.2. The van der Waals surface area contributed by atoms with E-state index in [4.69, 9.17) is 18.8 Å². The smallest absolute Gasteiger partial charge is 0.405 e. The van der Waals surface area contributed by atoms with Gasteiger partial charge in [0, 0.05) is 5.56 Å². The fourth-order valence-electron chi connectivity index (χ4n) is 3.91. The highest BCUT2D eigenvalue weighted by Crippen LogP contribution is 2.48. The molecule has 43 heavy (non-hydrogen) atoms. The molecule has 3 aromatic carbocycles. The maximum atomic E-state index is 13.9. The van der Waals surface area contributed by atoms with E-state index in [1.165, 1.54) is 48.5 Å². The normalized spacial score (nSPS) is 20.4. The maximum Gasteiger partial charge on any atom is 0.405 e. The monoisotopic (exact) mass is 659 g/mol. The summed E-state index contributed by atoms with van der Waals surface area (Å²) in [6.07, 6.45) is -4.02. The minimum Gasteiger partial charge on any atom is -0.483 e. The zero-order valence-corrected chi connectivity index (χ0v) is 23.5. The molecule has 16 heteroatoms. The van der Waals surface area contributed by atoms with E-state index < -0.39 is 69.6 Å². The van der Waals surface area contributed by atoms with Crippen molar-refractivity contribution < 1.29 is 62.3 Å². The number of ether oxygens (including phenoxy) is 3. The minimum absolute atomic E-state index is 0.00896. The quantitative estimate of drug-likeness (QED) is 0.160. The van der Waals surface area contributed by atoms with Crippen molar-refractivity contribution in [1.29, 1.82) is 0 Å². The van der Waals surface area contributed by atoms with E-state index >= 15 is 0 Å². The summed E-state index contributed by atoms with van der Waals surface area (Å²) in [4.78, 5) is 2.01. The fraction of sp³-hybridized carbons (Fsp3) is 0.333. The number of benzene rings is 3. The molecule has 3 aromatic rings. The molecule has 4 rings (SSSR count). The molecular weight excluding hydrogens is 636 g/mol. The van der Waals surface area contributed by atoms with Crippen LogP contribution in [0.1, 0.15) is 18.8 Å². The number of alkyl halides is 8. The van der Waals surface area contributed by atoms with Gasteiger partial charge in [-0.25, -0.2) is 0 Å². The minimum atomic E-state index is -5.73. The Hall–Kier alpha value is -2.92. The molecule has 1 fully saturated rings. The average molecular weight is 660 g/mol. The van der Waals surface area contributed by atoms with Crippen LogP contribution in [0.15, 0.2) is 93.5 Å². The van der Waals surface area contributed by atoms with Crippen LogP contribution in [0.4, 0.5) is 35.1 Å². The van der Waals surface area contributed by atoms with Gasteiger partial charge in [-0.05, 0) is 67.6 Å². The van der Waals surface area contributed by atoms with Crippen LogP contribution in [0.25, 0.3) is 0 Å². The van der Waals surface area contributed by atoms with Crippen molar-refractivity contribution in [1.82, 2.24) is 0 Å². The van der Waals surface area contributed by atoms with Gasteiger partial charge in [0.1, 0.15) is 19.0 Å². The van der Waals surface area contributed by atoms with Gasteiger partial charge in [-0.15, -0.1) is 0 Å². The van der Waals surface area contributed by atoms with Gasteiger partial charge in [0.15, 0.2) is 27.1 Å². The second-order valence-electron chi connectivity index (χ2n) is 9.39. The van der Waals surface area contributed by atoms with Crippen LogP contribution < -0.4 is 4.74 Å². The zero-order valence-electron chi connectivity index (χ0n) is 21.9. The standard InChI is InChI=1S/C27H22F8O6S2/c1-17(26(32,33)43(36,37)38)41-19-9-13-22(14-10-19)42(20-5-3-2-4-6-20)21-11-7-18(8-12-21)23-39-15-24(28,29)27(34,35)25(30,31)16-40-23/h2-14,17,23H,15-16H2,1H3/p+1. The van der Waals surface area contributed by atoms with Gasteiger partial charge in [0.05, 0.1) is 10.9 Å². The lowest BCUT2D eigenvalue weighted by Crippen LogP contribution is -2.59. The summed E-state index contributed by atoms with van der Waals surface area (Å²) in [6.45, 7) is -3.26. The van der Waals surface area contributed by atoms with E-state index in [9.17, 15) is 43.5 Å². The molecule has 0 aromatic heterocycles. The van der Waals surface area contributed by atoms with Crippen LogP contribution in [0, 0.1) is 0 Å². The van der Waals surface area contributed by atoms with Gasteiger partial charge >= 0.3 is 33.1 Å². The van der Waals surface area contributed by atoms with E-state index in [1.807, 2.05) is 0 Å². The largest absolute Gasteiger partial charge is 0.483 e. The molecule has 0 radical (unpaired) electrons. The summed E-state index contributed by atoms with van der Waals surface area (Å²) in [5, 5.41) is -4.57. The lowest BCUT2D eigenvalue weighted by molar-refractivity contribution is -0.365. The number of hydrogen-bond donors (Lipinski definition) is 1.